The van der Waals surface area contributed by atoms with Crippen LogP contribution in [0.4, 0.5) is 9.18 Å². The van der Waals surface area contributed by atoms with Gasteiger partial charge in [-0.25, -0.2) is 19.2 Å². The monoisotopic (exact) mass is 425 g/mol. The second-order valence-corrected chi connectivity index (χ2v) is 7.53. The minimum atomic E-state index is -0.420. The van der Waals surface area contributed by atoms with Gasteiger partial charge in [-0.2, -0.15) is 0 Å². The molecule has 2 aromatic carbocycles. The van der Waals surface area contributed by atoms with Crippen LogP contribution in [-0.4, -0.2) is 53.4 Å². The molecule has 31 heavy (non-hydrogen) atoms. The summed E-state index contributed by atoms with van der Waals surface area (Å²) in [6.07, 6.45) is 1.34. The number of methoxy groups -OCH3 is 1. The second kappa shape index (κ2) is 8.77. The first-order valence-corrected chi connectivity index (χ1v) is 10.1. The number of ether oxygens (including phenoxy) is 1. The van der Waals surface area contributed by atoms with Crippen molar-refractivity contribution in [1.29, 1.82) is 0 Å². The normalized spacial score (nSPS) is 14.5. The highest BCUT2D eigenvalue weighted by molar-refractivity contribution is 5.77. The van der Waals surface area contributed by atoms with E-state index in [0.29, 0.717) is 48.3 Å². The van der Waals surface area contributed by atoms with Gasteiger partial charge in [0.25, 0.3) is 0 Å². The van der Waals surface area contributed by atoms with Gasteiger partial charge in [0.1, 0.15) is 17.3 Å². The Bertz CT molecular complexity index is 1040. The molecule has 2 amide bonds. The lowest BCUT2D eigenvalue weighted by molar-refractivity contribution is -0.0358. The van der Waals surface area contributed by atoms with E-state index in [1.165, 1.54) is 19.2 Å². The highest BCUT2D eigenvalue weighted by Gasteiger charge is 2.29. The Balaban J connectivity index is 1.65. The van der Waals surface area contributed by atoms with Crippen molar-refractivity contribution in [2.45, 2.75) is 18.8 Å². The van der Waals surface area contributed by atoms with Crippen molar-refractivity contribution in [3.8, 4) is 28.3 Å². The molecule has 1 aliphatic rings. The molecule has 1 N–H and O–H groups in total. The van der Waals surface area contributed by atoms with Crippen molar-refractivity contribution >= 4 is 6.03 Å². The van der Waals surface area contributed by atoms with E-state index in [1.54, 1.807) is 24.1 Å². The van der Waals surface area contributed by atoms with Crippen LogP contribution < -0.4 is 4.74 Å². The van der Waals surface area contributed by atoms with E-state index in [0.717, 1.165) is 16.9 Å². The number of nitrogens with zero attached hydrogens (tertiary/aromatic N) is 3. The number of hydrogen-bond donors (Lipinski definition) is 1. The summed E-state index contributed by atoms with van der Waals surface area (Å²) < 4.78 is 24.9. The predicted molar refractivity (Wildman–Crippen MR) is 112 cm³/mol. The minimum absolute atomic E-state index is 0.0410. The van der Waals surface area contributed by atoms with Crippen molar-refractivity contribution < 1.29 is 23.5 Å². The summed E-state index contributed by atoms with van der Waals surface area (Å²) in [4.78, 5) is 18.3. The maximum Gasteiger partial charge on any atom is 0.343 e. The summed E-state index contributed by atoms with van der Waals surface area (Å²) in [6.45, 7) is 1.00. The lowest BCUT2D eigenvalue weighted by Gasteiger charge is -2.31. The molecule has 162 valence electrons. The number of carbonyl (C=O) groups is 1. The van der Waals surface area contributed by atoms with E-state index in [1.807, 2.05) is 24.3 Å². The smallest absolute Gasteiger partial charge is 0.343 e. The molecule has 0 saturated carbocycles. The molecular weight excluding hydrogens is 401 g/mol. The Morgan fingerprint density at radius 2 is 1.74 bits per heavy atom. The number of hydroxylamine groups is 2. The summed E-state index contributed by atoms with van der Waals surface area (Å²) in [6, 6.07) is 13.2. The van der Waals surface area contributed by atoms with E-state index >= 15 is 0 Å². The third-order valence-electron chi connectivity index (χ3n) is 5.51. The highest BCUT2D eigenvalue weighted by Crippen LogP contribution is 2.38. The molecule has 2 heterocycles. The molecule has 0 bridgehead atoms. The average Bonchev–Trinajstić information content (AvgIpc) is 3.24. The van der Waals surface area contributed by atoms with Crippen molar-refractivity contribution in [3.63, 3.8) is 0 Å². The minimum Gasteiger partial charge on any atom is -0.497 e. The first-order valence-electron chi connectivity index (χ1n) is 10.1. The van der Waals surface area contributed by atoms with Gasteiger partial charge in [-0.3, -0.25) is 5.21 Å². The number of likely N-dealkylation sites (tertiary alicyclic amines) is 1. The Hall–Kier alpha value is -3.39. The molecule has 0 spiro atoms. The summed E-state index contributed by atoms with van der Waals surface area (Å²) in [5.74, 6) is 1.66. The molecule has 1 saturated heterocycles. The molecule has 1 aliphatic heterocycles. The van der Waals surface area contributed by atoms with Gasteiger partial charge in [-0.05, 0) is 61.4 Å². The van der Waals surface area contributed by atoms with Gasteiger partial charge in [0.15, 0.2) is 11.7 Å². The third kappa shape index (κ3) is 4.39. The summed E-state index contributed by atoms with van der Waals surface area (Å²) in [5.41, 5.74) is 2.25. The maximum absolute atomic E-state index is 13.5. The average molecular weight is 425 g/mol. The van der Waals surface area contributed by atoms with E-state index in [2.05, 4.69) is 0 Å². The topological polar surface area (TPSA) is 79.0 Å². The lowest BCUT2D eigenvalue weighted by Crippen LogP contribution is -2.43. The van der Waals surface area contributed by atoms with Crippen LogP contribution in [0.3, 0.4) is 0 Å². The van der Waals surface area contributed by atoms with Crippen LogP contribution in [0.1, 0.15) is 24.7 Å². The number of hydrogen-bond acceptors (Lipinski definition) is 5. The zero-order valence-electron chi connectivity index (χ0n) is 17.4. The number of piperidine rings is 1. The zero-order valence-corrected chi connectivity index (χ0v) is 17.4. The van der Waals surface area contributed by atoms with Crippen LogP contribution in [0.15, 0.2) is 52.9 Å². The molecular formula is C23H24FN3O4. The molecule has 1 fully saturated rings. The van der Waals surface area contributed by atoms with Gasteiger partial charge in [0.2, 0.25) is 0 Å². The van der Waals surface area contributed by atoms with E-state index in [-0.39, 0.29) is 11.7 Å². The molecule has 0 aliphatic carbocycles. The Labute approximate surface area is 179 Å². The van der Waals surface area contributed by atoms with E-state index in [9.17, 15) is 14.4 Å². The fourth-order valence-corrected chi connectivity index (χ4v) is 3.78. The number of amides is 2. The summed E-state index contributed by atoms with van der Waals surface area (Å²) >= 11 is 0. The molecule has 0 unspecified atom stereocenters. The highest BCUT2D eigenvalue weighted by atomic mass is 19.1. The number of carbonyl (C=O) groups excluding carboxylic acids is 1. The van der Waals surface area contributed by atoms with E-state index in [4.69, 9.17) is 14.1 Å². The quantitative estimate of drug-likeness (QED) is 0.481. The molecule has 3 aromatic rings. The summed E-state index contributed by atoms with van der Waals surface area (Å²) in [5, 5.41) is 9.98. The van der Waals surface area contributed by atoms with Crippen LogP contribution in [0.2, 0.25) is 0 Å². The fourth-order valence-electron chi connectivity index (χ4n) is 3.78. The number of halogens is 1. The number of oxazole rings is 1. The first-order chi connectivity index (χ1) is 15.0. The van der Waals surface area contributed by atoms with Crippen LogP contribution in [0.5, 0.6) is 5.75 Å². The number of aromatic nitrogens is 1. The van der Waals surface area contributed by atoms with Crippen molar-refractivity contribution in [1.82, 2.24) is 14.9 Å². The number of benzene rings is 2. The molecule has 8 heteroatoms. The zero-order chi connectivity index (χ0) is 22.0. The number of urea groups is 1. The molecule has 0 atom stereocenters. The standard InChI is InChI=1S/C23H24FN3O4/c1-26(29)23(28)27-13-11-17(12-14-27)22-25-20(15-3-7-18(24)8-4-15)21(31-22)16-5-9-19(30-2)10-6-16/h3-10,17,29H,11-14H2,1-2H3. The van der Waals surface area contributed by atoms with Gasteiger partial charge in [-0.1, -0.05) is 0 Å². The van der Waals surface area contributed by atoms with Crippen LogP contribution >= 0.6 is 0 Å². The third-order valence-corrected chi connectivity index (χ3v) is 5.51. The Morgan fingerprint density at radius 3 is 2.32 bits per heavy atom. The van der Waals surface area contributed by atoms with Crippen molar-refractivity contribution in [3.05, 3.63) is 60.2 Å². The Kier molecular flexibility index (Phi) is 5.90. The molecule has 7 nitrogen and oxygen atoms in total. The molecule has 0 radical (unpaired) electrons. The Morgan fingerprint density at radius 1 is 1.13 bits per heavy atom. The number of rotatable bonds is 4. The lowest BCUT2D eigenvalue weighted by atomic mass is 9.97. The molecule has 4 rings (SSSR count). The van der Waals surface area contributed by atoms with Gasteiger partial charge < -0.3 is 14.1 Å². The van der Waals surface area contributed by atoms with Crippen molar-refractivity contribution in [2.24, 2.45) is 0 Å². The van der Waals surface area contributed by atoms with Crippen LogP contribution in [0.25, 0.3) is 22.6 Å². The van der Waals surface area contributed by atoms with E-state index < -0.39 is 6.03 Å². The van der Waals surface area contributed by atoms with Crippen molar-refractivity contribution in [2.75, 3.05) is 27.2 Å². The SMILES string of the molecule is COc1ccc(-c2oc(C3CCN(C(=O)N(C)O)CC3)nc2-c2ccc(F)cc2)cc1. The van der Waals surface area contributed by atoms with Gasteiger partial charge in [0.05, 0.1) is 7.11 Å². The largest absolute Gasteiger partial charge is 0.497 e. The first kappa shape index (κ1) is 20.9. The van der Waals surface area contributed by atoms with Crippen LogP contribution in [-0.2, 0) is 0 Å². The summed E-state index contributed by atoms with van der Waals surface area (Å²) in [7, 11) is 2.93. The van der Waals surface area contributed by atoms with Gasteiger partial charge in [-0.15, -0.1) is 0 Å². The predicted octanol–water partition coefficient (Wildman–Crippen LogP) is 4.78. The van der Waals surface area contributed by atoms with Crippen LogP contribution in [0, 0.1) is 5.82 Å². The molecule has 1 aromatic heterocycles. The second-order valence-electron chi connectivity index (χ2n) is 7.53. The van der Waals surface area contributed by atoms with Gasteiger partial charge >= 0.3 is 6.03 Å². The fraction of sp³-hybridized carbons (Fsp3) is 0.304. The van der Waals surface area contributed by atoms with Gasteiger partial charge in [0, 0.05) is 37.2 Å². The maximum atomic E-state index is 13.5.